The van der Waals surface area contributed by atoms with Gasteiger partial charge in [0.15, 0.2) is 12.3 Å². The fraction of sp³-hybridized carbons (Fsp3) is 0.462. The van der Waals surface area contributed by atoms with Crippen LogP contribution in [0.25, 0.3) is 0 Å². The first-order valence-corrected chi connectivity index (χ1v) is 5.93. The molecule has 0 N–H and O–H groups in total. The van der Waals surface area contributed by atoms with Gasteiger partial charge in [-0.2, -0.15) is 0 Å². The second kappa shape index (κ2) is 5.84. The van der Waals surface area contributed by atoms with Gasteiger partial charge in [-0.3, -0.25) is 0 Å². The first-order chi connectivity index (χ1) is 8.77. The smallest absolute Gasteiger partial charge is 0.417 e. The van der Waals surface area contributed by atoms with Crippen LogP contribution in [0.15, 0.2) is 30.3 Å². The molecule has 2 atom stereocenters. The van der Waals surface area contributed by atoms with Crippen molar-refractivity contribution in [2.75, 3.05) is 25.2 Å². The molecular formula is C13H17NO4. The Kier molecular flexibility index (Phi) is 4.17. The van der Waals surface area contributed by atoms with Crippen LogP contribution < -0.4 is 4.90 Å². The van der Waals surface area contributed by atoms with Crippen molar-refractivity contribution in [1.29, 1.82) is 0 Å². The molecule has 2 unspecified atom stereocenters. The summed E-state index contributed by atoms with van der Waals surface area (Å²) in [4.78, 5) is 13.4. The van der Waals surface area contributed by atoms with Gasteiger partial charge in [-0.25, -0.2) is 9.69 Å². The number of carbonyl (C=O) groups is 1. The van der Waals surface area contributed by atoms with Crippen LogP contribution in [0.4, 0.5) is 10.5 Å². The number of carbonyl (C=O) groups excluding carboxylic acids is 1. The van der Waals surface area contributed by atoms with Crippen molar-refractivity contribution < 1.29 is 19.0 Å². The number of nitrogens with zero attached hydrogens (tertiary/aromatic N) is 1. The zero-order chi connectivity index (χ0) is 13.0. The van der Waals surface area contributed by atoms with E-state index >= 15 is 0 Å². The Bertz CT molecular complexity index is 395. The topological polar surface area (TPSA) is 48.0 Å². The van der Waals surface area contributed by atoms with Gasteiger partial charge in [0.05, 0.1) is 6.61 Å². The zero-order valence-corrected chi connectivity index (χ0v) is 10.5. The second-order valence-corrected chi connectivity index (χ2v) is 3.93. The highest BCUT2D eigenvalue weighted by Gasteiger charge is 2.43. The standard InChI is InChI=1S/C13H17NO4/c1-3-17-12-11(9-16-2)18-13(15)14(12)10-7-5-4-6-8-10/h4-8,11-12H,3,9H2,1-2H3. The summed E-state index contributed by atoms with van der Waals surface area (Å²) in [5, 5.41) is 0. The maximum atomic E-state index is 11.9. The number of para-hydroxylation sites is 1. The van der Waals surface area contributed by atoms with Crippen molar-refractivity contribution in [3.63, 3.8) is 0 Å². The molecular weight excluding hydrogens is 234 g/mol. The van der Waals surface area contributed by atoms with Crippen LogP contribution >= 0.6 is 0 Å². The van der Waals surface area contributed by atoms with Gasteiger partial charge < -0.3 is 14.2 Å². The number of cyclic esters (lactones) is 1. The van der Waals surface area contributed by atoms with Gasteiger partial charge in [0.25, 0.3) is 0 Å². The van der Waals surface area contributed by atoms with E-state index in [2.05, 4.69) is 0 Å². The minimum absolute atomic E-state index is 0.319. The molecule has 18 heavy (non-hydrogen) atoms. The third kappa shape index (κ3) is 2.47. The van der Waals surface area contributed by atoms with Crippen molar-refractivity contribution in [3.05, 3.63) is 30.3 Å². The van der Waals surface area contributed by atoms with Crippen molar-refractivity contribution in [3.8, 4) is 0 Å². The van der Waals surface area contributed by atoms with Crippen LogP contribution in [-0.4, -0.2) is 38.7 Å². The summed E-state index contributed by atoms with van der Waals surface area (Å²) in [6.07, 6.45) is -1.24. The van der Waals surface area contributed by atoms with E-state index in [1.54, 1.807) is 7.11 Å². The van der Waals surface area contributed by atoms with Gasteiger partial charge in [0.1, 0.15) is 0 Å². The summed E-state index contributed by atoms with van der Waals surface area (Å²) in [7, 11) is 1.57. The number of benzene rings is 1. The fourth-order valence-electron chi connectivity index (χ4n) is 1.99. The summed E-state index contributed by atoms with van der Waals surface area (Å²) in [5.41, 5.74) is 0.763. The predicted molar refractivity (Wildman–Crippen MR) is 66.5 cm³/mol. The minimum Gasteiger partial charge on any atom is -0.438 e. The highest BCUT2D eigenvalue weighted by atomic mass is 16.6. The number of hydrogen-bond acceptors (Lipinski definition) is 4. The van der Waals surface area contributed by atoms with Crippen LogP contribution in [-0.2, 0) is 14.2 Å². The molecule has 5 heteroatoms. The molecule has 1 amide bonds. The molecule has 1 fully saturated rings. The number of amides is 1. The van der Waals surface area contributed by atoms with Gasteiger partial charge in [-0.15, -0.1) is 0 Å². The Hall–Kier alpha value is -1.59. The second-order valence-electron chi connectivity index (χ2n) is 3.93. The van der Waals surface area contributed by atoms with Crippen LogP contribution in [0.5, 0.6) is 0 Å². The molecule has 1 aliphatic heterocycles. The molecule has 0 radical (unpaired) electrons. The minimum atomic E-state index is -0.440. The maximum Gasteiger partial charge on any atom is 0.417 e. The average Bonchev–Trinajstić information content (AvgIpc) is 2.68. The third-order valence-electron chi connectivity index (χ3n) is 2.72. The quantitative estimate of drug-likeness (QED) is 0.803. The number of methoxy groups -OCH3 is 1. The molecule has 5 nitrogen and oxygen atoms in total. The van der Waals surface area contributed by atoms with Gasteiger partial charge in [0.2, 0.25) is 0 Å². The van der Waals surface area contributed by atoms with E-state index < -0.39 is 18.4 Å². The summed E-state index contributed by atoms with van der Waals surface area (Å²) < 4.78 is 15.9. The van der Waals surface area contributed by atoms with E-state index in [-0.39, 0.29) is 0 Å². The molecule has 1 aromatic carbocycles. The first kappa shape index (κ1) is 12.9. The number of hydrogen-bond donors (Lipinski definition) is 0. The molecule has 1 saturated heterocycles. The van der Waals surface area contributed by atoms with Crippen molar-refractivity contribution >= 4 is 11.8 Å². The van der Waals surface area contributed by atoms with Crippen molar-refractivity contribution in [2.45, 2.75) is 19.3 Å². The van der Waals surface area contributed by atoms with Gasteiger partial charge >= 0.3 is 6.09 Å². The van der Waals surface area contributed by atoms with Gasteiger partial charge in [0, 0.05) is 19.4 Å². The lowest BCUT2D eigenvalue weighted by molar-refractivity contribution is -0.0272. The Labute approximate surface area is 106 Å². The summed E-state index contributed by atoms with van der Waals surface area (Å²) in [6.45, 7) is 2.71. The fourth-order valence-corrected chi connectivity index (χ4v) is 1.99. The summed E-state index contributed by atoms with van der Waals surface area (Å²) in [6, 6.07) is 9.34. The molecule has 1 aliphatic rings. The van der Waals surface area contributed by atoms with E-state index in [9.17, 15) is 4.79 Å². The largest absolute Gasteiger partial charge is 0.438 e. The van der Waals surface area contributed by atoms with Gasteiger partial charge in [-0.1, -0.05) is 18.2 Å². The lowest BCUT2D eigenvalue weighted by Gasteiger charge is -2.23. The van der Waals surface area contributed by atoms with Crippen LogP contribution in [0.1, 0.15) is 6.92 Å². The highest BCUT2D eigenvalue weighted by molar-refractivity contribution is 5.90. The highest BCUT2D eigenvalue weighted by Crippen LogP contribution is 2.27. The molecule has 0 aliphatic carbocycles. The number of anilines is 1. The average molecular weight is 251 g/mol. The predicted octanol–water partition coefficient (Wildman–Crippen LogP) is 2.02. The van der Waals surface area contributed by atoms with Crippen LogP contribution in [0, 0.1) is 0 Å². The molecule has 0 bridgehead atoms. The Morgan fingerprint density at radius 2 is 2.06 bits per heavy atom. The molecule has 1 aromatic rings. The molecule has 0 aromatic heterocycles. The number of rotatable bonds is 5. The van der Waals surface area contributed by atoms with E-state index in [4.69, 9.17) is 14.2 Å². The van der Waals surface area contributed by atoms with E-state index in [1.165, 1.54) is 4.90 Å². The molecule has 2 rings (SSSR count). The number of ether oxygens (including phenoxy) is 3. The molecule has 98 valence electrons. The summed E-state index contributed by atoms with van der Waals surface area (Å²) in [5.74, 6) is 0. The van der Waals surface area contributed by atoms with E-state index in [1.807, 2.05) is 37.3 Å². The molecule has 0 spiro atoms. The van der Waals surface area contributed by atoms with Crippen molar-refractivity contribution in [1.82, 2.24) is 0 Å². The van der Waals surface area contributed by atoms with E-state index in [0.29, 0.717) is 13.2 Å². The Morgan fingerprint density at radius 1 is 1.33 bits per heavy atom. The molecule has 1 heterocycles. The first-order valence-electron chi connectivity index (χ1n) is 5.93. The SMILES string of the molecule is CCOC1C(COC)OC(=O)N1c1ccccc1. The lowest BCUT2D eigenvalue weighted by atomic mass is 10.2. The third-order valence-corrected chi connectivity index (χ3v) is 2.72. The normalized spacial score (nSPS) is 23.2. The van der Waals surface area contributed by atoms with Crippen LogP contribution in [0.2, 0.25) is 0 Å². The lowest BCUT2D eigenvalue weighted by Crippen LogP contribution is -2.40. The maximum absolute atomic E-state index is 11.9. The summed E-state index contributed by atoms with van der Waals surface area (Å²) >= 11 is 0. The molecule has 0 saturated carbocycles. The van der Waals surface area contributed by atoms with E-state index in [0.717, 1.165) is 5.69 Å². The van der Waals surface area contributed by atoms with Crippen LogP contribution in [0.3, 0.4) is 0 Å². The van der Waals surface area contributed by atoms with Crippen molar-refractivity contribution in [2.24, 2.45) is 0 Å². The Balaban J connectivity index is 2.24. The Morgan fingerprint density at radius 3 is 2.67 bits per heavy atom. The monoisotopic (exact) mass is 251 g/mol. The van der Waals surface area contributed by atoms with Gasteiger partial charge in [-0.05, 0) is 19.1 Å². The zero-order valence-electron chi connectivity index (χ0n) is 10.5.